The van der Waals surface area contributed by atoms with Gasteiger partial charge >= 0.3 is 0 Å². The van der Waals surface area contributed by atoms with E-state index >= 15 is 0 Å². The van der Waals surface area contributed by atoms with E-state index in [4.69, 9.17) is 16.3 Å². The molecular formula is C18H21ClN2OS. The van der Waals surface area contributed by atoms with E-state index in [1.54, 1.807) is 6.20 Å². The summed E-state index contributed by atoms with van der Waals surface area (Å²) in [6, 6.07) is 10.4. The first-order chi connectivity index (χ1) is 11.2. The van der Waals surface area contributed by atoms with Crippen molar-refractivity contribution >= 4 is 23.4 Å². The molecule has 0 N–H and O–H groups in total. The van der Waals surface area contributed by atoms with Crippen molar-refractivity contribution < 1.29 is 4.74 Å². The third-order valence-electron chi connectivity index (χ3n) is 4.09. The van der Waals surface area contributed by atoms with Crippen LogP contribution in [0.25, 0.3) is 0 Å². The third kappa shape index (κ3) is 4.63. The molecule has 23 heavy (non-hydrogen) atoms. The van der Waals surface area contributed by atoms with Gasteiger partial charge < -0.3 is 4.74 Å². The van der Waals surface area contributed by atoms with Gasteiger partial charge in [-0.1, -0.05) is 17.7 Å². The Labute approximate surface area is 147 Å². The van der Waals surface area contributed by atoms with Gasteiger partial charge in [-0.25, -0.2) is 0 Å². The molecule has 0 saturated carbocycles. The SMILES string of the molecule is CN(Cc1cc(Cl)ccc1OCc1cccnc1)[C@H]1CCSC1. The Hall–Kier alpha value is -1.23. The summed E-state index contributed by atoms with van der Waals surface area (Å²) in [6.45, 7) is 1.37. The van der Waals surface area contributed by atoms with Gasteiger partial charge in [-0.05, 0) is 43.5 Å². The molecule has 0 radical (unpaired) electrons. The number of rotatable bonds is 6. The quantitative estimate of drug-likeness (QED) is 0.779. The molecule has 1 aliphatic rings. The average Bonchev–Trinajstić information content (AvgIpc) is 3.10. The number of nitrogens with zero attached hydrogens (tertiary/aromatic N) is 2. The minimum Gasteiger partial charge on any atom is -0.489 e. The molecule has 2 heterocycles. The van der Waals surface area contributed by atoms with E-state index in [1.807, 2.05) is 48.3 Å². The Morgan fingerprint density at radius 2 is 2.30 bits per heavy atom. The van der Waals surface area contributed by atoms with Gasteiger partial charge in [-0.2, -0.15) is 11.8 Å². The normalized spacial score (nSPS) is 17.6. The van der Waals surface area contributed by atoms with Gasteiger partial charge in [0.2, 0.25) is 0 Å². The molecule has 1 aromatic heterocycles. The van der Waals surface area contributed by atoms with Crippen LogP contribution >= 0.6 is 23.4 Å². The van der Waals surface area contributed by atoms with Crippen molar-refractivity contribution in [1.29, 1.82) is 0 Å². The largest absolute Gasteiger partial charge is 0.489 e. The molecule has 1 atom stereocenters. The maximum atomic E-state index is 6.19. The number of benzene rings is 1. The van der Waals surface area contributed by atoms with Crippen LogP contribution in [-0.4, -0.2) is 34.5 Å². The van der Waals surface area contributed by atoms with Gasteiger partial charge in [0, 0.05) is 46.9 Å². The zero-order chi connectivity index (χ0) is 16.1. The minimum atomic E-state index is 0.519. The lowest BCUT2D eigenvalue weighted by molar-refractivity contribution is 0.244. The Kier molecular flexibility index (Phi) is 5.81. The molecule has 0 unspecified atom stereocenters. The van der Waals surface area contributed by atoms with E-state index in [0.29, 0.717) is 12.6 Å². The van der Waals surface area contributed by atoms with Crippen LogP contribution in [-0.2, 0) is 13.2 Å². The van der Waals surface area contributed by atoms with Crippen LogP contribution in [0.2, 0.25) is 5.02 Å². The van der Waals surface area contributed by atoms with Crippen LogP contribution in [0.15, 0.2) is 42.7 Å². The molecule has 122 valence electrons. The Balaban J connectivity index is 1.69. The van der Waals surface area contributed by atoms with Crippen LogP contribution in [0.5, 0.6) is 5.75 Å². The molecule has 3 rings (SSSR count). The summed E-state index contributed by atoms with van der Waals surface area (Å²) in [5.74, 6) is 3.37. The Bertz CT molecular complexity index is 632. The van der Waals surface area contributed by atoms with E-state index in [2.05, 4.69) is 16.9 Å². The van der Waals surface area contributed by atoms with Crippen LogP contribution in [0.1, 0.15) is 17.5 Å². The Morgan fingerprint density at radius 1 is 1.39 bits per heavy atom. The zero-order valence-corrected chi connectivity index (χ0v) is 14.8. The molecule has 0 aliphatic carbocycles. The van der Waals surface area contributed by atoms with Crippen LogP contribution < -0.4 is 4.74 Å². The monoisotopic (exact) mass is 348 g/mol. The van der Waals surface area contributed by atoms with E-state index < -0.39 is 0 Å². The van der Waals surface area contributed by atoms with E-state index in [9.17, 15) is 0 Å². The summed E-state index contributed by atoms with van der Waals surface area (Å²) in [7, 11) is 2.18. The molecule has 2 aromatic rings. The summed E-state index contributed by atoms with van der Waals surface area (Å²) in [4.78, 5) is 6.53. The summed E-state index contributed by atoms with van der Waals surface area (Å²) >= 11 is 8.22. The fraction of sp³-hybridized carbons (Fsp3) is 0.389. The minimum absolute atomic E-state index is 0.519. The molecule has 5 heteroatoms. The summed E-state index contributed by atoms with van der Waals surface area (Å²) in [6.07, 6.45) is 4.86. The smallest absolute Gasteiger partial charge is 0.124 e. The topological polar surface area (TPSA) is 25.4 Å². The van der Waals surface area contributed by atoms with Crippen molar-refractivity contribution in [3.8, 4) is 5.75 Å². The highest BCUT2D eigenvalue weighted by molar-refractivity contribution is 7.99. The van der Waals surface area contributed by atoms with Gasteiger partial charge in [0.25, 0.3) is 0 Å². The van der Waals surface area contributed by atoms with Crippen molar-refractivity contribution in [2.75, 3.05) is 18.6 Å². The molecule has 3 nitrogen and oxygen atoms in total. The fourth-order valence-corrected chi connectivity index (χ4v) is 4.22. The third-order valence-corrected chi connectivity index (χ3v) is 5.47. The predicted molar refractivity (Wildman–Crippen MR) is 97.2 cm³/mol. The van der Waals surface area contributed by atoms with Gasteiger partial charge in [-0.15, -0.1) is 0 Å². The number of ether oxygens (including phenoxy) is 1. The van der Waals surface area contributed by atoms with Crippen LogP contribution in [0.4, 0.5) is 0 Å². The lowest BCUT2D eigenvalue weighted by atomic mass is 10.1. The van der Waals surface area contributed by atoms with Gasteiger partial charge in [0.1, 0.15) is 12.4 Å². The predicted octanol–water partition coefficient (Wildman–Crippen LogP) is 4.25. The molecule has 1 saturated heterocycles. The van der Waals surface area contributed by atoms with Crippen molar-refractivity contribution in [1.82, 2.24) is 9.88 Å². The first kappa shape index (κ1) is 16.6. The van der Waals surface area contributed by atoms with E-state index in [0.717, 1.165) is 28.4 Å². The summed E-state index contributed by atoms with van der Waals surface area (Å²) in [5, 5.41) is 0.753. The maximum absolute atomic E-state index is 6.19. The average molecular weight is 349 g/mol. The maximum Gasteiger partial charge on any atom is 0.124 e. The molecule has 1 aromatic carbocycles. The number of pyridine rings is 1. The van der Waals surface area contributed by atoms with Crippen LogP contribution in [0, 0.1) is 0 Å². The molecule has 0 bridgehead atoms. The van der Waals surface area contributed by atoms with E-state index in [1.165, 1.54) is 17.9 Å². The highest BCUT2D eigenvalue weighted by Gasteiger charge is 2.21. The lowest BCUT2D eigenvalue weighted by Crippen LogP contribution is -2.31. The van der Waals surface area contributed by atoms with E-state index in [-0.39, 0.29) is 0 Å². The number of thioether (sulfide) groups is 1. The lowest BCUT2D eigenvalue weighted by Gasteiger charge is -2.24. The standard InChI is InChI=1S/C18H21ClN2OS/c1-21(17-6-8-23-13-17)11-15-9-16(19)4-5-18(15)22-12-14-3-2-7-20-10-14/h2-5,7,9-10,17H,6,8,11-13H2,1H3/t17-/m0/s1. The fourth-order valence-electron chi connectivity index (χ4n) is 2.72. The summed E-state index contributed by atoms with van der Waals surface area (Å²) in [5.41, 5.74) is 2.20. The number of aromatic nitrogens is 1. The second-order valence-electron chi connectivity index (χ2n) is 5.83. The van der Waals surface area contributed by atoms with Crippen LogP contribution in [0.3, 0.4) is 0 Å². The second kappa shape index (κ2) is 8.04. The molecular weight excluding hydrogens is 328 g/mol. The van der Waals surface area contributed by atoms with Crippen molar-refractivity contribution in [3.63, 3.8) is 0 Å². The highest BCUT2D eigenvalue weighted by Crippen LogP contribution is 2.28. The summed E-state index contributed by atoms with van der Waals surface area (Å²) < 4.78 is 6.01. The zero-order valence-electron chi connectivity index (χ0n) is 13.2. The Morgan fingerprint density at radius 3 is 3.04 bits per heavy atom. The molecule has 0 amide bonds. The van der Waals surface area contributed by atoms with Gasteiger partial charge in [-0.3, -0.25) is 9.88 Å². The highest BCUT2D eigenvalue weighted by atomic mass is 35.5. The van der Waals surface area contributed by atoms with Crippen molar-refractivity contribution in [2.24, 2.45) is 0 Å². The molecule has 1 aliphatic heterocycles. The first-order valence-electron chi connectivity index (χ1n) is 7.80. The van der Waals surface area contributed by atoms with Crippen molar-refractivity contribution in [3.05, 3.63) is 58.9 Å². The molecule has 1 fully saturated rings. The number of halogens is 1. The second-order valence-corrected chi connectivity index (χ2v) is 7.42. The van der Waals surface area contributed by atoms with Gasteiger partial charge in [0.15, 0.2) is 0 Å². The number of hydrogen-bond donors (Lipinski definition) is 0. The first-order valence-corrected chi connectivity index (χ1v) is 9.34. The van der Waals surface area contributed by atoms with Crippen molar-refractivity contribution in [2.45, 2.75) is 25.6 Å². The van der Waals surface area contributed by atoms with Gasteiger partial charge in [0.05, 0.1) is 0 Å². The molecule has 0 spiro atoms. The number of hydrogen-bond acceptors (Lipinski definition) is 4.